The highest BCUT2D eigenvalue weighted by Crippen LogP contribution is 2.23. The number of carbonyl (C=O) groups is 2. The molecule has 0 aliphatic carbocycles. The van der Waals surface area contributed by atoms with Crippen molar-refractivity contribution in [2.75, 3.05) is 19.7 Å². The number of ether oxygens (including phenoxy) is 2. The number of nitriles is 1. The average Bonchev–Trinajstić information content (AvgIpc) is 2.58. The molecule has 6 heteroatoms. The molecule has 1 amide bonds. The predicted octanol–water partition coefficient (Wildman–Crippen LogP) is 3.40. The van der Waals surface area contributed by atoms with Crippen molar-refractivity contribution in [1.82, 2.24) is 4.90 Å². The number of nitrogens with zero attached hydrogens (tertiary/aromatic N) is 2. The summed E-state index contributed by atoms with van der Waals surface area (Å²) in [6.07, 6.45) is 2.08. The maximum Gasteiger partial charge on any atom is 0.410 e. The van der Waals surface area contributed by atoms with Crippen LogP contribution in [0.2, 0.25) is 0 Å². The molecule has 1 saturated heterocycles. The molecule has 134 valence electrons. The quantitative estimate of drug-likeness (QED) is 0.782. The van der Waals surface area contributed by atoms with E-state index in [4.69, 9.17) is 14.7 Å². The van der Waals surface area contributed by atoms with E-state index in [2.05, 4.69) is 0 Å². The highest BCUT2D eigenvalue weighted by molar-refractivity contribution is 5.76. The molecule has 2 rings (SSSR count). The molecule has 0 N–H and O–H groups in total. The molecule has 0 saturated carbocycles. The molecule has 1 aliphatic rings. The minimum Gasteiger partial charge on any atom is -0.492 e. The van der Waals surface area contributed by atoms with Crippen molar-refractivity contribution in [2.45, 2.75) is 39.2 Å². The number of benzene rings is 1. The van der Waals surface area contributed by atoms with Crippen LogP contribution in [0.3, 0.4) is 0 Å². The molecule has 0 aromatic heterocycles. The summed E-state index contributed by atoms with van der Waals surface area (Å²) >= 11 is 0. The zero-order chi connectivity index (χ0) is 18.4. The Kier molecular flexibility index (Phi) is 6.02. The van der Waals surface area contributed by atoms with Crippen molar-refractivity contribution < 1.29 is 19.1 Å². The number of hydrogen-bond donors (Lipinski definition) is 0. The Bertz CT molecular complexity index is 665. The third kappa shape index (κ3) is 5.49. The van der Waals surface area contributed by atoms with Crippen LogP contribution in [0.15, 0.2) is 18.2 Å². The van der Waals surface area contributed by atoms with Crippen LogP contribution in [-0.4, -0.2) is 42.6 Å². The number of aldehydes is 1. The van der Waals surface area contributed by atoms with Crippen molar-refractivity contribution >= 4 is 12.4 Å². The topological polar surface area (TPSA) is 79.6 Å². The van der Waals surface area contributed by atoms with Gasteiger partial charge >= 0.3 is 6.09 Å². The Morgan fingerprint density at radius 3 is 2.60 bits per heavy atom. The fourth-order valence-electron chi connectivity index (χ4n) is 2.65. The van der Waals surface area contributed by atoms with Gasteiger partial charge in [0.2, 0.25) is 0 Å². The molecule has 0 bridgehead atoms. The summed E-state index contributed by atoms with van der Waals surface area (Å²) in [6, 6.07) is 6.85. The summed E-state index contributed by atoms with van der Waals surface area (Å²) in [4.78, 5) is 24.5. The van der Waals surface area contributed by atoms with Crippen molar-refractivity contribution in [3.8, 4) is 11.8 Å². The van der Waals surface area contributed by atoms with Gasteiger partial charge in [-0.25, -0.2) is 4.79 Å². The number of likely N-dealkylation sites (tertiary alicyclic amines) is 1. The van der Waals surface area contributed by atoms with Crippen molar-refractivity contribution in [3.63, 3.8) is 0 Å². The summed E-state index contributed by atoms with van der Waals surface area (Å²) in [5, 5.41) is 9.16. The Morgan fingerprint density at radius 1 is 1.36 bits per heavy atom. The van der Waals surface area contributed by atoms with Gasteiger partial charge in [0.1, 0.15) is 23.7 Å². The van der Waals surface area contributed by atoms with Gasteiger partial charge in [-0.15, -0.1) is 0 Å². The zero-order valence-electron chi connectivity index (χ0n) is 14.9. The first-order valence-corrected chi connectivity index (χ1v) is 8.42. The van der Waals surface area contributed by atoms with Crippen LogP contribution in [0.4, 0.5) is 4.79 Å². The van der Waals surface area contributed by atoms with Gasteiger partial charge in [-0.3, -0.25) is 4.79 Å². The van der Waals surface area contributed by atoms with E-state index < -0.39 is 5.60 Å². The summed E-state index contributed by atoms with van der Waals surface area (Å²) in [5.74, 6) is 0.804. The maximum absolute atomic E-state index is 12.1. The van der Waals surface area contributed by atoms with E-state index in [-0.39, 0.29) is 6.09 Å². The number of hydrogen-bond acceptors (Lipinski definition) is 5. The van der Waals surface area contributed by atoms with E-state index in [1.54, 1.807) is 17.0 Å². The lowest BCUT2D eigenvalue weighted by molar-refractivity contribution is 0.0165. The van der Waals surface area contributed by atoms with Crippen LogP contribution in [0.5, 0.6) is 5.75 Å². The normalized spacial score (nSPS) is 15.4. The molecule has 6 nitrogen and oxygen atoms in total. The molecular weight excluding hydrogens is 320 g/mol. The second kappa shape index (κ2) is 8.02. The second-order valence-electron chi connectivity index (χ2n) is 7.21. The highest BCUT2D eigenvalue weighted by Gasteiger charge is 2.27. The lowest BCUT2D eigenvalue weighted by Crippen LogP contribution is -2.42. The van der Waals surface area contributed by atoms with Gasteiger partial charge in [0.25, 0.3) is 0 Å². The van der Waals surface area contributed by atoms with Gasteiger partial charge in [0.15, 0.2) is 0 Å². The van der Waals surface area contributed by atoms with Crippen LogP contribution in [0, 0.1) is 17.2 Å². The summed E-state index contributed by atoms with van der Waals surface area (Å²) in [6.45, 7) is 7.32. The van der Waals surface area contributed by atoms with Crippen LogP contribution in [0.1, 0.15) is 49.5 Å². The molecule has 1 aliphatic heterocycles. The summed E-state index contributed by atoms with van der Waals surface area (Å²) in [7, 11) is 0. The van der Waals surface area contributed by atoms with Gasteiger partial charge in [0, 0.05) is 18.7 Å². The SMILES string of the molecule is CC(C)(C)OC(=O)N1CCC(COc2ccc(C=O)cc2C#N)CC1. The first-order chi connectivity index (χ1) is 11.8. The fourth-order valence-corrected chi connectivity index (χ4v) is 2.65. The smallest absolute Gasteiger partial charge is 0.410 e. The zero-order valence-corrected chi connectivity index (χ0v) is 14.9. The number of rotatable bonds is 4. The lowest BCUT2D eigenvalue weighted by atomic mass is 9.98. The van der Waals surface area contributed by atoms with E-state index in [1.165, 1.54) is 6.07 Å². The van der Waals surface area contributed by atoms with Crippen LogP contribution in [-0.2, 0) is 4.74 Å². The summed E-state index contributed by atoms with van der Waals surface area (Å²) < 4.78 is 11.2. The van der Waals surface area contributed by atoms with Crippen molar-refractivity contribution in [2.24, 2.45) is 5.92 Å². The van der Waals surface area contributed by atoms with E-state index in [9.17, 15) is 9.59 Å². The Hall–Kier alpha value is -2.55. The monoisotopic (exact) mass is 344 g/mol. The van der Waals surface area contributed by atoms with Crippen LogP contribution < -0.4 is 4.74 Å². The van der Waals surface area contributed by atoms with Gasteiger partial charge in [-0.2, -0.15) is 5.26 Å². The minimum atomic E-state index is -0.488. The molecule has 1 fully saturated rings. The first kappa shape index (κ1) is 18.8. The highest BCUT2D eigenvalue weighted by atomic mass is 16.6. The lowest BCUT2D eigenvalue weighted by Gasteiger charge is -2.33. The van der Waals surface area contributed by atoms with Gasteiger partial charge in [0.05, 0.1) is 12.2 Å². The molecule has 1 aromatic rings. The minimum absolute atomic E-state index is 0.275. The molecule has 0 unspecified atom stereocenters. The van der Waals surface area contributed by atoms with Gasteiger partial charge < -0.3 is 14.4 Å². The maximum atomic E-state index is 12.1. The molecule has 0 atom stereocenters. The molecule has 0 radical (unpaired) electrons. The number of carbonyl (C=O) groups excluding carboxylic acids is 2. The molecule has 1 heterocycles. The third-order valence-corrected chi connectivity index (χ3v) is 4.00. The molecular formula is C19H24N2O4. The third-order valence-electron chi connectivity index (χ3n) is 4.00. The fraction of sp³-hybridized carbons (Fsp3) is 0.526. The Morgan fingerprint density at radius 2 is 2.04 bits per heavy atom. The second-order valence-corrected chi connectivity index (χ2v) is 7.21. The van der Waals surface area contributed by atoms with Crippen molar-refractivity contribution in [3.05, 3.63) is 29.3 Å². The summed E-state index contributed by atoms with van der Waals surface area (Å²) in [5.41, 5.74) is 0.323. The molecule has 25 heavy (non-hydrogen) atoms. The Labute approximate surface area is 148 Å². The van der Waals surface area contributed by atoms with E-state index in [0.717, 1.165) is 12.8 Å². The van der Waals surface area contributed by atoms with E-state index >= 15 is 0 Å². The van der Waals surface area contributed by atoms with E-state index in [1.807, 2.05) is 26.8 Å². The van der Waals surface area contributed by atoms with Gasteiger partial charge in [-0.05, 0) is 57.7 Å². The van der Waals surface area contributed by atoms with Crippen molar-refractivity contribution in [1.29, 1.82) is 5.26 Å². The number of piperidine rings is 1. The van der Waals surface area contributed by atoms with E-state index in [0.29, 0.717) is 48.8 Å². The van der Waals surface area contributed by atoms with Gasteiger partial charge in [-0.1, -0.05) is 0 Å². The largest absolute Gasteiger partial charge is 0.492 e. The molecule has 1 aromatic carbocycles. The molecule has 0 spiro atoms. The number of amides is 1. The Balaban J connectivity index is 1.84. The first-order valence-electron chi connectivity index (χ1n) is 8.42. The average molecular weight is 344 g/mol. The standard InChI is InChI=1S/C19H24N2O4/c1-19(2,3)25-18(23)21-8-6-14(7-9-21)13-24-17-5-4-15(12-22)10-16(17)11-20/h4-5,10,12,14H,6-9,13H2,1-3H3. The van der Waals surface area contributed by atoms with Crippen LogP contribution in [0.25, 0.3) is 0 Å². The van der Waals surface area contributed by atoms with Crippen LogP contribution >= 0.6 is 0 Å². The predicted molar refractivity (Wildman–Crippen MR) is 92.6 cm³/mol.